The molecule has 0 spiro atoms. The van der Waals surface area contributed by atoms with E-state index in [1.165, 1.54) is 6.92 Å². The molecule has 1 aromatic rings. The molecule has 0 N–H and O–H groups in total. The summed E-state index contributed by atoms with van der Waals surface area (Å²) in [7, 11) is -4.42. The van der Waals surface area contributed by atoms with Gasteiger partial charge < -0.3 is 14.2 Å². The Labute approximate surface area is 141 Å². The zero-order valence-electron chi connectivity index (χ0n) is 11.8. The van der Waals surface area contributed by atoms with Gasteiger partial charge in [0.25, 0.3) is 0 Å². The third-order valence-corrected chi connectivity index (χ3v) is 4.20. The second kappa shape index (κ2) is 7.77. The Bertz CT molecular complexity index is 594. The van der Waals surface area contributed by atoms with Gasteiger partial charge in [-0.25, -0.2) is 8.42 Å². The highest BCUT2D eigenvalue weighted by Gasteiger charge is 2.28. The van der Waals surface area contributed by atoms with Crippen molar-refractivity contribution in [2.24, 2.45) is 0 Å². The molecule has 0 radical (unpaired) electrons. The molecule has 21 heavy (non-hydrogen) atoms. The van der Waals surface area contributed by atoms with Gasteiger partial charge in [0.1, 0.15) is 0 Å². The minimum Gasteiger partial charge on any atom is -0.726 e. The highest BCUT2D eigenvalue weighted by molar-refractivity contribution is 9.11. The van der Waals surface area contributed by atoms with Crippen molar-refractivity contribution in [3.05, 3.63) is 21.1 Å². The fourth-order valence-corrected chi connectivity index (χ4v) is 3.46. The smallest absolute Gasteiger partial charge is 0.217 e. The third-order valence-electron chi connectivity index (χ3n) is 2.63. The molecule has 9 heteroatoms. The predicted molar refractivity (Wildman–Crippen MR) is 86.3 cm³/mol. The molecule has 0 aromatic heterocycles. The molecule has 0 bridgehead atoms. The second-order valence-corrected chi connectivity index (χ2v) is 6.88. The van der Waals surface area contributed by atoms with Crippen LogP contribution in [0.1, 0.15) is 20.8 Å². The summed E-state index contributed by atoms with van der Waals surface area (Å²) in [5.74, 6) is 0.947. The Morgan fingerprint density at radius 2 is 2.00 bits per heavy atom. The van der Waals surface area contributed by atoms with Crippen LogP contribution in [-0.4, -0.2) is 32.4 Å². The normalized spacial score (nSPS) is 16.9. The van der Waals surface area contributed by atoms with E-state index in [1.807, 2.05) is 6.07 Å². The molecule has 1 aliphatic heterocycles. The molecule has 1 atom stereocenters. The molecule has 0 aliphatic carbocycles. The lowest BCUT2D eigenvalue weighted by molar-refractivity contribution is 0.245. The summed E-state index contributed by atoms with van der Waals surface area (Å²) in [4.78, 5) is 2.23. The molecule has 120 valence electrons. The fraction of sp³-hybridized carbons (Fsp3) is 0.500. The van der Waals surface area contributed by atoms with Gasteiger partial charge in [0.15, 0.2) is 12.0 Å². The van der Waals surface area contributed by atoms with E-state index in [2.05, 4.69) is 60.9 Å². The second-order valence-electron chi connectivity index (χ2n) is 4.05. The molecular formula is C12H16Br2NO5S-. The van der Waals surface area contributed by atoms with Crippen molar-refractivity contribution in [3.63, 3.8) is 0 Å². The fourth-order valence-electron chi connectivity index (χ4n) is 1.88. The third kappa shape index (κ3) is 5.41. The van der Waals surface area contributed by atoms with Gasteiger partial charge in [-0.3, -0.25) is 4.18 Å². The summed E-state index contributed by atoms with van der Waals surface area (Å²) in [5, 5.41) is 0. The van der Waals surface area contributed by atoms with E-state index in [9.17, 15) is 13.0 Å². The van der Waals surface area contributed by atoms with E-state index in [1.54, 1.807) is 0 Å². The number of benzene rings is 1. The van der Waals surface area contributed by atoms with E-state index in [0.717, 1.165) is 26.9 Å². The minimum atomic E-state index is -4.42. The standard InChI is InChI=1S/C10H11Br2NO.C2H6O4S/c1-3-13-6(2)14-10-8(12)4-7(11)5-9(10)13;1-2-6-7(3,4)5/h4-6H,3H2,1-2H3;2H2,1H3,(H,3,4,5)/p-1. The first-order valence-corrected chi connectivity index (χ1v) is 9.14. The topological polar surface area (TPSA) is 78.9 Å². The van der Waals surface area contributed by atoms with Crippen LogP contribution < -0.4 is 9.64 Å². The van der Waals surface area contributed by atoms with Gasteiger partial charge in [0.2, 0.25) is 10.4 Å². The lowest BCUT2D eigenvalue weighted by Crippen LogP contribution is -2.31. The average molecular weight is 446 g/mol. The first-order chi connectivity index (χ1) is 9.69. The monoisotopic (exact) mass is 444 g/mol. The highest BCUT2D eigenvalue weighted by Crippen LogP contribution is 2.44. The van der Waals surface area contributed by atoms with Crippen molar-refractivity contribution < 1.29 is 21.9 Å². The van der Waals surface area contributed by atoms with E-state index < -0.39 is 10.4 Å². The maximum absolute atomic E-state index is 9.45. The van der Waals surface area contributed by atoms with Gasteiger partial charge in [-0.15, -0.1) is 0 Å². The number of hydrogen-bond acceptors (Lipinski definition) is 6. The number of nitrogens with zero attached hydrogens (tertiary/aromatic N) is 1. The maximum atomic E-state index is 9.45. The summed E-state index contributed by atoms with van der Waals surface area (Å²) in [6.45, 7) is 6.48. The van der Waals surface area contributed by atoms with Gasteiger partial charge in [-0.05, 0) is 48.8 Å². The SMILES string of the molecule is CCN1c2cc(Br)cc(Br)c2OC1C.CCOS(=O)(=O)[O-]. The number of hydrogen-bond donors (Lipinski definition) is 0. The zero-order chi connectivity index (χ0) is 16.2. The van der Waals surface area contributed by atoms with E-state index >= 15 is 0 Å². The molecule has 0 amide bonds. The molecule has 1 aromatic carbocycles. The molecular weight excluding hydrogens is 430 g/mol. The van der Waals surface area contributed by atoms with Gasteiger partial charge >= 0.3 is 0 Å². The molecule has 2 rings (SSSR count). The molecule has 0 fully saturated rings. The quantitative estimate of drug-likeness (QED) is 0.524. The molecule has 1 unspecified atom stereocenters. The molecule has 0 saturated heterocycles. The van der Waals surface area contributed by atoms with Crippen molar-refractivity contribution in [2.75, 3.05) is 18.1 Å². The van der Waals surface area contributed by atoms with Crippen LogP contribution in [0.15, 0.2) is 21.1 Å². The van der Waals surface area contributed by atoms with Crippen LogP contribution in [0, 0.1) is 0 Å². The summed E-state index contributed by atoms with van der Waals surface area (Å²) in [5.41, 5.74) is 1.15. The minimum absolute atomic E-state index is 0.0914. The molecule has 1 heterocycles. The number of halogens is 2. The van der Waals surface area contributed by atoms with Gasteiger partial charge in [0, 0.05) is 11.0 Å². The summed E-state index contributed by atoms with van der Waals surface area (Å²) < 4.78 is 39.8. The Balaban J connectivity index is 0.000000270. The molecule has 1 aliphatic rings. The number of fused-ring (bicyclic) bond motifs is 1. The first-order valence-electron chi connectivity index (χ1n) is 6.22. The van der Waals surface area contributed by atoms with Crippen LogP contribution in [0.2, 0.25) is 0 Å². The van der Waals surface area contributed by atoms with E-state index in [0.29, 0.717) is 0 Å². The van der Waals surface area contributed by atoms with Crippen molar-refractivity contribution >= 4 is 47.9 Å². The predicted octanol–water partition coefficient (Wildman–Crippen LogP) is 3.26. The lowest BCUT2D eigenvalue weighted by atomic mass is 10.3. The average Bonchev–Trinajstić information content (AvgIpc) is 2.64. The van der Waals surface area contributed by atoms with Gasteiger partial charge in [0.05, 0.1) is 16.8 Å². The Morgan fingerprint density at radius 1 is 1.38 bits per heavy atom. The summed E-state index contributed by atoms with van der Waals surface area (Å²) in [6.07, 6.45) is 0.126. The number of ether oxygens (including phenoxy) is 1. The van der Waals surface area contributed by atoms with Crippen molar-refractivity contribution in [1.82, 2.24) is 0 Å². The largest absolute Gasteiger partial charge is 0.726 e. The number of anilines is 1. The molecule has 0 saturated carbocycles. The van der Waals surface area contributed by atoms with Crippen LogP contribution >= 0.6 is 31.9 Å². The van der Waals surface area contributed by atoms with Crippen LogP contribution in [0.4, 0.5) is 5.69 Å². The van der Waals surface area contributed by atoms with Crippen molar-refractivity contribution in [2.45, 2.75) is 27.0 Å². The first kappa shape index (κ1) is 18.7. The zero-order valence-corrected chi connectivity index (χ0v) is 15.8. The van der Waals surface area contributed by atoms with Gasteiger partial charge in [-0.1, -0.05) is 15.9 Å². The van der Waals surface area contributed by atoms with Crippen molar-refractivity contribution in [3.8, 4) is 5.75 Å². The van der Waals surface area contributed by atoms with Gasteiger partial charge in [-0.2, -0.15) is 0 Å². The molecule has 6 nitrogen and oxygen atoms in total. The van der Waals surface area contributed by atoms with E-state index in [4.69, 9.17) is 4.74 Å². The van der Waals surface area contributed by atoms with Crippen molar-refractivity contribution in [1.29, 1.82) is 0 Å². The van der Waals surface area contributed by atoms with Crippen LogP contribution in [0.25, 0.3) is 0 Å². The Kier molecular flexibility index (Phi) is 6.92. The Morgan fingerprint density at radius 3 is 2.43 bits per heavy atom. The van der Waals surface area contributed by atoms with Crippen LogP contribution in [0.5, 0.6) is 5.75 Å². The maximum Gasteiger partial charge on any atom is 0.217 e. The lowest BCUT2D eigenvalue weighted by Gasteiger charge is -2.19. The summed E-state index contributed by atoms with van der Waals surface area (Å²) in [6, 6.07) is 4.10. The highest BCUT2D eigenvalue weighted by atomic mass is 79.9. The van der Waals surface area contributed by atoms with Crippen LogP contribution in [0.3, 0.4) is 0 Å². The van der Waals surface area contributed by atoms with Crippen LogP contribution in [-0.2, 0) is 14.6 Å². The van der Waals surface area contributed by atoms with E-state index in [-0.39, 0.29) is 12.8 Å². The summed E-state index contributed by atoms with van der Waals surface area (Å²) >= 11 is 6.98. The number of rotatable bonds is 3. The Hall–Kier alpha value is -0.350.